The van der Waals surface area contributed by atoms with Crippen LogP contribution in [0.3, 0.4) is 0 Å². The lowest BCUT2D eigenvalue weighted by Gasteiger charge is -2.26. The van der Waals surface area contributed by atoms with E-state index in [2.05, 4.69) is 15.9 Å². The van der Waals surface area contributed by atoms with Gasteiger partial charge in [0.05, 0.1) is 24.6 Å². The quantitative estimate of drug-likeness (QED) is 0.394. The highest BCUT2D eigenvalue weighted by Crippen LogP contribution is 2.40. The molecule has 0 radical (unpaired) electrons. The normalized spacial score (nSPS) is 17.0. The summed E-state index contributed by atoms with van der Waals surface area (Å²) in [6.45, 7) is 2.15. The Balaban J connectivity index is 2.25. The Hall–Kier alpha value is -1.82. The number of hydrogen-bond acceptors (Lipinski definition) is 5. The molecule has 0 fully saturated rings. The largest absolute Gasteiger partial charge is 0.493 e. The molecule has 2 rings (SSSR count). The summed E-state index contributed by atoms with van der Waals surface area (Å²) in [7, 11) is 1.55. The van der Waals surface area contributed by atoms with Crippen molar-refractivity contribution in [1.29, 1.82) is 0 Å². The average Bonchev–Trinajstić information content (AvgIpc) is 2.58. The molecule has 0 N–H and O–H groups in total. The van der Waals surface area contributed by atoms with Crippen LogP contribution < -0.4 is 9.47 Å². The Morgan fingerprint density at radius 1 is 1.42 bits per heavy atom. The van der Waals surface area contributed by atoms with Crippen molar-refractivity contribution in [3.8, 4) is 11.5 Å². The Kier molecular flexibility index (Phi) is 6.85. The number of esters is 1. The monoisotopic (exact) mass is 396 g/mol. The van der Waals surface area contributed by atoms with E-state index in [1.807, 2.05) is 6.08 Å². The molecule has 0 bridgehead atoms. The van der Waals surface area contributed by atoms with E-state index in [0.29, 0.717) is 28.1 Å². The van der Waals surface area contributed by atoms with Crippen LogP contribution in [-0.4, -0.2) is 32.1 Å². The number of halogens is 1. The van der Waals surface area contributed by atoms with Gasteiger partial charge in [0.2, 0.25) is 0 Å². The van der Waals surface area contributed by atoms with Crippen LogP contribution in [0, 0.1) is 0 Å². The average molecular weight is 397 g/mol. The number of allylic oxidation sites excluding steroid dienone is 1. The minimum Gasteiger partial charge on any atom is -0.493 e. The molecule has 0 amide bonds. The molecule has 0 saturated carbocycles. The van der Waals surface area contributed by atoms with E-state index < -0.39 is 0 Å². The summed E-state index contributed by atoms with van der Waals surface area (Å²) in [4.78, 5) is 23.0. The van der Waals surface area contributed by atoms with Gasteiger partial charge in [-0.25, -0.2) is 0 Å². The minimum atomic E-state index is -0.257. The predicted molar refractivity (Wildman–Crippen MR) is 93.7 cm³/mol. The van der Waals surface area contributed by atoms with Gasteiger partial charge in [-0.15, -0.1) is 0 Å². The molecule has 6 heteroatoms. The molecule has 1 aliphatic carbocycles. The van der Waals surface area contributed by atoms with Crippen molar-refractivity contribution in [2.24, 2.45) is 0 Å². The van der Waals surface area contributed by atoms with Crippen molar-refractivity contribution in [3.05, 3.63) is 33.8 Å². The van der Waals surface area contributed by atoms with E-state index >= 15 is 0 Å². The summed E-state index contributed by atoms with van der Waals surface area (Å²) < 4.78 is 17.1. The van der Waals surface area contributed by atoms with Gasteiger partial charge in [-0.3, -0.25) is 9.59 Å². The smallest absolute Gasteiger partial charge is 0.310 e. The number of benzene rings is 1. The lowest BCUT2D eigenvalue weighted by molar-refractivity contribution is -0.142. The molecule has 1 atom stereocenters. The second-order valence-corrected chi connectivity index (χ2v) is 6.21. The Labute approximate surface area is 150 Å². The number of aldehydes is 1. The first-order valence-corrected chi connectivity index (χ1v) is 8.72. The molecule has 0 heterocycles. The summed E-state index contributed by atoms with van der Waals surface area (Å²) in [6.07, 6.45) is 5.46. The molecule has 1 aromatic carbocycles. The molecule has 0 unspecified atom stereocenters. The van der Waals surface area contributed by atoms with E-state index in [1.165, 1.54) is 0 Å². The molecule has 0 aliphatic heterocycles. The van der Waals surface area contributed by atoms with Crippen LogP contribution in [0.1, 0.15) is 43.0 Å². The fourth-order valence-electron chi connectivity index (χ4n) is 2.66. The van der Waals surface area contributed by atoms with Crippen molar-refractivity contribution >= 4 is 28.2 Å². The molecule has 0 aromatic heterocycles. The Morgan fingerprint density at radius 3 is 2.88 bits per heavy atom. The van der Waals surface area contributed by atoms with Gasteiger partial charge in [-0.05, 0) is 59.8 Å². The molecular weight excluding hydrogens is 376 g/mol. The van der Waals surface area contributed by atoms with Crippen molar-refractivity contribution in [3.63, 3.8) is 0 Å². The summed E-state index contributed by atoms with van der Waals surface area (Å²) in [5.74, 6) is 0.754. The molecule has 1 aromatic rings. The number of rotatable bonds is 7. The van der Waals surface area contributed by atoms with Crippen LogP contribution in [0.4, 0.5) is 0 Å². The highest BCUT2D eigenvalue weighted by molar-refractivity contribution is 9.10. The van der Waals surface area contributed by atoms with Crippen LogP contribution in [0.5, 0.6) is 11.5 Å². The minimum absolute atomic E-state index is 0.214. The van der Waals surface area contributed by atoms with Crippen molar-refractivity contribution in [2.45, 2.75) is 38.7 Å². The Morgan fingerprint density at radius 2 is 2.21 bits per heavy atom. The zero-order valence-electron chi connectivity index (χ0n) is 13.8. The highest BCUT2D eigenvalue weighted by atomic mass is 79.9. The van der Waals surface area contributed by atoms with Gasteiger partial charge in [-0.2, -0.15) is 0 Å². The van der Waals surface area contributed by atoms with Gasteiger partial charge in [0.25, 0.3) is 0 Å². The first kappa shape index (κ1) is 18.5. The third kappa shape index (κ3) is 4.38. The first-order valence-electron chi connectivity index (χ1n) is 7.93. The first-order chi connectivity index (χ1) is 11.6. The van der Waals surface area contributed by atoms with Gasteiger partial charge in [0.15, 0.2) is 17.8 Å². The fourth-order valence-corrected chi connectivity index (χ4v) is 3.18. The summed E-state index contributed by atoms with van der Waals surface area (Å²) in [5, 5.41) is 0. The molecule has 5 nitrogen and oxygen atoms in total. The van der Waals surface area contributed by atoms with Crippen LogP contribution >= 0.6 is 15.9 Å². The lowest BCUT2D eigenvalue weighted by atomic mass is 9.94. The number of carbonyl (C=O) groups excluding carboxylic acids is 2. The van der Waals surface area contributed by atoms with Crippen LogP contribution in [-0.2, 0) is 9.53 Å². The maximum atomic E-state index is 11.8. The predicted octanol–water partition coefficient (Wildman–Crippen LogP) is 4.08. The summed E-state index contributed by atoms with van der Waals surface area (Å²) in [6, 6.07) is 3.36. The number of hydrogen-bond donors (Lipinski definition) is 0. The SMILES string of the molecule is CCOC(=O)CC1=CCCC[C@@H]1Oc1c(OC)ccc(C=O)c1Br. The maximum Gasteiger partial charge on any atom is 0.310 e. The maximum absolute atomic E-state index is 11.8. The number of methoxy groups -OCH3 is 1. The van der Waals surface area contributed by atoms with E-state index in [0.717, 1.165) is 31.1 Å². The van der Waals surface area contributed by atoms with Gasteiger partial charge in [0.1, 0.15) is 6.10 Å². The zero-order chi connectivity index (χ0) is 17.5. The van der Waals surface area contributed by atoms with Gasteiger partial charge < -0.3 is 14.2 Å². The summed E-state index contributed by atoms with van der Waals surface area (Å²) >= 11 is 3.41. The fraction of sp³-hybridized carbons (Fsp3) is 0.444. The topological polar surface area (TPSA) is 61.8 Å². The van der Waals surface area contributed by atoms with Crippen LogP contribution in [0.25, 0.3) is 0 Å². The zero-order valence-corrected chi connectivity index (χ0v) is 15.4. The van der Waals surface area contributed by atoms with Gasteiger partial charge in [-0.1, -0.05) is 6.08 Å². The second kappa shape index (κ2) is 8.87. The van der Waals surface area contributed by atoms with Gasteiger partial charge >= 0.3 is 5.97 Å². The molecule has 0 spiro atoms. The molecule has 24 heavy (non-hydrogen) atoms. The van der Waals surface area contributed by atoms with E-state index in [9.17, 15) is 9.59 Å². The summed E-state index contributed by atoms with van der Waals surface area (Å²) in [5.41, 5.74) is 1.39. The van der Waals surface area contributed by atoms with E-state index in [1.54, 1.807) is 26.2 Å². The van der Waals surface area contributed by atoms with Crippen molar-refractivity contribution < 1.29 is 23.8 Å². The van der Waals surface area contributed by atoms with Gasteiger partial charge in [0, 0.05) is 5.56 Å². The standard InChI is InChI=1S/C18H21BrO5/c1-3-23-16(21)10-12-6-4-5-7-14(12)24-18-15(22-2)9-8-13(11-20)17(18)19/h6,8-9,11,14H,3-5,7,10H2,1-2H3/t14-/m0/s1. The molecule has 1 aliphatic rings. The Bertz CT molecular complexity index is 639. The third-order valence-corrected chi connectivity index (χ3v) is 4.66. The molecule has 130 valence electrons. The number of ether oxygens (including phenoxy) is 3. The molecule has 0 saturated heterocycles. The highest BCUT2D eigenvalue weighted by Gasteiger charge is 2.25. The van der Waals surface area contributed by atoms with Crippen LogP contribution in [0.15, 0.2) is 28.3 Å². The van der Waals surface area contributed by atoms with Crippen molar-refractivity contribution in [2.75, 3.05) is 13.7 Å². The number of carbonyl (C=O) groups is 2. The van der Waals surface area contributed by atoms with Crippen LogP contribution in [0.2, 0.25) is 0 Å². The van der Waals surface area contributed by atoms with Crippen molar-refractivity contribution in [1.82, 2.24) is 0 Å². The lowest BCUT2D eigenvalue weighted by Crippen LogP contribution is -2.25. The second-order valence-electron chi connectivity index (χ2n) is 5.42. The van der Waals surface area contributed by atoms with E-state index in [-0.39, 0.29) is 18.5 Å². The molecular formula is C18H21BrO5. The van der Waals surface area contributed by atoms with E-state index in [4.69, 9.17) is 14.2 Å². The third-order valence-electron chi connectivity index (χ3n) is 3.84.